The van der Waals surface area contributed by atoms with Gasteiger partial charge in [0.2, 0.25) is 0 Å². The Morgan fingerprint density at radius 1 is 0.750 bits per heavy atom. The molecule has 4 heteroatoms. The first kappa shape index (κ1) is 19.3. The van der Waals surface area contributed by atoms with Crippen molar-refractivity contribution >= 4 is 0 Å². The Kier molecular flexibility index (Phi) is 11.7. The van der Waals surface area contributed by atoms with Crippen LogP contribution in [0.25, 0.3) is 0 Å². The molecule has 0 unspecified atom stereocenters. The van der Waals surface area contributed by atoms with Gasteiger partial charge in [-0.15, -0.1) is 6.58 Å². The van der Waals surface area contributed by atoms with E-state index in [1.807, 2.05) is 19.1 Å². The largest absolute Gasteiger partial charge is 0.390 e. The number of hydrogen-bond donors (Lipinski definition) is 4. The first-order valence-corrected chi connectivity index (χ1v) is 7.51. The lowest BCUT2D eigenvalue weighted by Gasteiger charge is -2.21. The van der Waals surface area contributed by atoms with Gasteiger partial charge in [-0.05, 0) is 44.9 Å². The first-order valence-electron chi connectivity index (χ1n) is 7.51. The molecule has 118 valence electrons. The van der Waals surface area contributed by atoms with E-state index < -0.39 is 24.4 Å². The highest BCUT2D eigenvalue weighted by Crippen LogP contribution is 2.14. The number of allylic oxidation sites excluding steroid dienone is 3. The molecule has 0 aliphatic rings. The van der Waals surface area contributed by atoms with Crippen LogP contribution in [-0.4, -0.2) is 44.8 Å². The molecule has 0 rings (SSSR count). The van der Waals surface area contributed by atoms with E-state index in [-0.39, 0.29) is 12.8 Å². The summed E-state index contributed by atoms with van der Waals surface area (Å²) in [6, 6.07) is 0. The summed E-state index contributed by atoms with van der Waals surface area (Å²) in [5, 5.41) is 38.9. The molecule has 0 radical (unpaired) electrons. The second-order valence-electron chi connectivity index (χ2n) is 5.17. The lowest BCUT2D eigenvalue weighted by molar-refractivity contribution is -0.0219. The van der Waals surface area contributed by atoms with Crippen LogP contribution in [0.4, 0.5) is 0 Å². The molecule has 0 aromatic heterocycles. The maximum absolute atomic E-state index is 9.80. The number of aliphatic hydroxyl groups is 4. The van der Waals surface area contributed by atoms with E-state index >= 15 is 0 Å². The Bertz CT molecular complexity index is 265. The van der Waals surface area contributed by atoms with Gasteiger partial charge in [0.25, 0.3) is 0 Å². The average molecular weight is 286 g/mol. The van der Waals surface area contributed by atoms with Crippen LogP contribution in [0.3, 0.4) is 0 Å². The molecule has 0 fully saturated rings. The Morgan fingerprint density at radius 3 is 1.65 bits per heavy atom. The van der Waals surface area contributed by atoms with Gasteiger partial charge in [-0.2, -0.15) is 0 Å². The van der Waals surface area contributed by atoms with Gasteiger partial charge in [0.05, 0.1) is 24.4 Å². The standard InChI is InChI=1S/C16H30O4/c1-3-5-7-8-10-14(18)16(20)12-11-15(19)13(17)9-6-4-2/h4-5,7,13-20H,2-3,6,8-12H2,1H3/b7-5-/t13-,14-,15-,16-/m0/s1. The normalized spacial score (nSPS) is 17.9. The van der Waals surface area contributed by atoms with E-state index in [9.17, 15) is 20.4 Å². The summed E-state index contributed by atoms with van der Waals surface area (Å²) in [6.07, 6.45) is 6.28. The molecular formula is C16H30O4. The zero-order valence-corrected chi connectivity index (χ0v) is 12.5. The summed E-state index contributed by atoms with van der Waals surface area (Å²) in [7, 11) is 0. The molecule has 4 N–H and O–H groups in total. The minimum Gasteiger partial charge on any atom is -0.390 e. The summed E-state index contributed by atoms with van der Waals surface area (Å²) < 4.78 is 0. The minimum absolute atomic E-state index is 0.279. The van der Waals surface area contributed by atoms with Crippen LogP contribution in [0.1, 0.15) is 51.9 Å². The highest BCUT2D eigenvalue weighted by Gasteiger charge is 2.20. The van der Waals surface area contributed by atoms with Gasteiger partial charge < -0.3 is 20.4 Å². The lowest BCUT2D eigenvalue weighted by Crippen LogP contribution is -2.30. The van der Waals surface area contributed by atoms with E-state index in [1.54, 1.807) is 6.08 Å². The van der Waals surface area contributed by atoms with E-state index in [4.69, 9.17) is 0 Å². The summed E-state index contributed by atoms with van der Waals surface area (Å²) in [5.74, 6) is 0. The van der Waals surface area contributed by atoms with Crippen molar-refractivity contribution in [3.05, 3.63) is 24.8 Å². The van der Waals surface area contributed by atoms with Crippen LogP contribution in [0.5, 0.6) is 0 Å². The second-order valence-corrected chi connectivity index (χ2v) is 5.17. The van der Waals surface area contributed by atoms with Gasteiger partial charge in [0.1, 0.15) is 0 Å². The second kappa shape index (κ2) is 12.1. The summed E-state index contributed by atoms with van der Waals surface area (Å²) >= 11 is 0. The van der Waals surface area contributed by atoms with Crippen LogP contribution in [-0.2, 0) is 0 Å². The van der Waals surface area contributed by atoms with Crippen LogP contribution < -0.4 is 0 Å². The van der Waals surface area contributed by atoms with Crippen molar-refractivity contribution in [2.24, 2.45) is 0 Å². The number of hydrogen-bond acceptors (Lipinski definition) is 4. The van der Waals surface area contributed by atoms with Crippen LogP contribution in [0.15, 0.2) is 24.8 Å². The minimum atomic E-state index is -0.864. The van der Waals surface area contributed by atoms with Gasteiger partial charge in [-0.1, -0.05) is 25.2 Å². The highest BCUT2D eigenvalue weighted by atomic mass is 16.3. The fraction of sp³-hybridized carbons (Fsp3) is 0.750. The summed E-state index contributed by atoms with van der Waals surface area (Å²) in [6.45, 7) is 5.60. The van der Waals surface area contributed by atoms with E-state index in [2.05, 4.69) is 6.58 Å². The van der Waals surface area contributed by atoms with Crippen LogP contribution >= 0.6 is 0 Å². The molecule has 0 spiro atoms. The maximum Gasteiger partial charge on any atom is 0.0802 e. The van der Waals surface area contributed by atoms with E-state index in [0.29, 0.717) is 19.3 Å². The Labute approximate surface area is 122 Å². The first-order chi connectivity index (χ1) is 9.52. The quantitative estimate of drug-likeness (QED) is 0.413. The smallest absolute Gasteiger partial charge is 0.0802 e. The third-order valence-corrected chi connectivity index (χ3v) is 3.34. The van der Waals surface area contributed by atoms with Gasteiger partial charge >= 0.3 is 0 Å². The molecule has 0 aliphatic heterocycles. The predicted octanol–water partition coefficient (Wildman–Crippen LogP) is 1.92. The van der Waals surface area contributed by atoms with Crippen molar-refractivity contribution < 1.29 is 20.4 Å². The zero-order valence-electron chi connectivity index (χ0n) is 12.5. The molecule has 0 aromatic carbocycles. The fourth-order valence-corrected chi connectivity index (χ4v) is 1.95. The Morgan fingerprint density at radius 2 is 1.20 bits per heavy atom. The number of aliphatic hydroxyl groups excluding tert-OH is 4. The van der Waals surface area contributed by atoms with Crippen molar-refractivity contribution in [2.75, 3.05) is 0 Å². The molecule has 0 aliphatic carbocycles. The van der Waals surface area contributed by atoms with Crippen LogP contribution in [0, 0.1) is 0 Å². The predicted molar refractivity (Wildman–Crippen MR) is 81.4 cm³/mol. The van der Waals surface area contributed by atoms with E-state index in [1.165, 1.54) is 0 Å². The zero-order chi connectivity index (χ0) is 15.4. The third-order valence-electron chi connectivity index (χ3n) is 3.34. The molecule has 0 saturated heterocycles. The van der Waals surface area contributed by atoms with Crippen molar-refractivity contribution in [3.63, 3.8) is 0 Å². The van der Waals surface area contributed by atoms with Gasteiger partial charge in [-0.3, -0.25) is 0 Å². The van der Waals surface area contributed by atoms with Gasteiger partial charge in [0.15, 0.2) is 0 Å². The van der Waals surface area contributed by atoms with Crippen molar-refractivity contribution in [1.82, 2.24) is 0 Å². The molecule has 4 nitrogen and oxygen atoms in total. The third kappa shape index (κ3) is 9.26. The van der Waals surface area contributed by atoms with Crippen LogP contribution in [0.2, 0.25) is 0 Å². The molecule has 0 saturated carbocycles. The van der Waals surface area contributed by atoms with Gasteiger partial charge in [-0.25, -0.2) is 0 Å². The molecule has 0 bridgehead atoms. The lowest BCUT2D eigenvalue weighted by atomic mass is 9.98. The molecule has 0 amide bonds. The van der Waals surface area contributed by atoms with Crippen molar-refractivity contribution in [2.45, 2.75) is 76.3 Å². The summed E-state index contributed by atoms with van der Waals surface area (Å²) in [4.78, 5) is 0. The topological polar surface area (TPSA) is 80.9 Å². The van der Waals surface area contributed by atoms with E-state index in [0.717, 1.165) is 12.8 Å². The molecular weight excluding hydrogens is 256 g/mol. The average Bonchev–Trinajstić information content (AvgIpc) is 2.45. The Balaban J connectivity index is 3.86. The maximum atomic E-state index is 9.80. The molecule has 4 atom stereocenters. The molecule has 20 heavy (non-hydrogen) atoms. The number of rotatable bonds is 12. The SMILES string of the molecule is C=CCC[C@H](O)[C@@H](O)CC[C@H](O)[C@@H](O)CC/C=C\CC. The van der Waals surface area contributed by atoms with Gasteiger partial charge in [0, 0.05) is 0 Å². The molecule has 0 heterocycles. The highest BCUT2D eigenvalue weighted by molar-refractivity contribution is 4.82. The van der Waals surface area contributed by atoms with Crippen molar-refractivity contribution in [3.8, 4) is 0 Å². The van der Waals surface area contributed by atoms with Crippen molar-refractivity contribution in [1.29, 1.82) is 0 Å². The molecule has 0 aromatic rings. The Hall–Kier alpha value is -0.680. The monoisotopic (exact) mass is 286 g/mol. The fourth-order valence-electron chi connectivity index (χ4n) is 1.95. The summed E-state index contributed by atoms with van der Waals surface area (Å²) in [5.41, 5.74) is 0.